The van der Waals surface area contributed by atoms with Crippen LogP contribution in [-0.4, -0.2) is 0 Å². The summed E-state index contributed by atoms with van der Waals surface area (Å²) in [6, 6.07) is 52.2. The highest BCUT2D eigenvalue weighted by molar-refractivity contribution is 9.10. The van der Waals surface area contributed by atoms with Crippen molar-refractivity contribution in [3.8, 4) is 22.3 Å². The van der Waals surface area contributed by atoms with Crippen LogP contribution >= 0.6 is 27.3 Å². The molecular formula is C36H24BrNS. The molecule has 0 aliphatic heterocycles. The molecule has 0 bridgehead atoms. The van der Waals surface area contributed by atoms with E-state index in [0.717, 1.165) is 21.5 Å². The van der Waals surface area contributed by atoms with Gasteiger partial charge in [-0.1, -0.05) is 113 Å². The van der Waals surface area contributed by atoms with E-state index >= 15 is 0 Å². The number of thiophene rings is 1. The maximum absolute atomic E-state index is 3.63. The van der Waals surface area contributed by atoms with Crippen molar-refractivity contribution in [1.29, 1.82) is 0 Å². The van der Waals surface area contributed by atoms with Gasteiger partial charge in [0.1, 0.15) is 0 Å². The summed E-state index contributed by atoms with van der Waals surface area (Å²) in [5.41, 5.74) is 8.28. The molecule has 6 aromatic carbocycles. The van der Waals surface area contributed by atoms with E-state index < -0.39 is 0 Å². The Morgan fingerprint density at radius 2 is 0.846 bits per heavy atom. The fraction of sp³-hybridized carbons (Fsp3) is 0. The molecule has 1 nitrogen and oxygen atoms in total. The van der Waals surface area contributed by atoms with Crippen molar-refractivity contribution in [2.24, 2.45) is 0 Å². The van der Waals surface area contributed by atoms with Crippen LogP contribution in [0.15, 0.2) is 150 Å². The van der Waals surface area contributed by atoms with Gasteiger partial charge in [-0.25, -0.2) is 0 Å². The molecule has 0 atom stereocenters. The van der Waals surface area contributed by atoms with Crippen molar-refractivity contribution >= 4 is 64.5 Å². The SMILES string of the molecule is Brc1ccc2c(c1)sc1cc(N(c3ccc(-c4ccccc4)cc3)c3ccc(-c4ccccc4)cc3)ccc12. The minimum atomic E-state index is 1.11. The zero-order valence-electron chi connectivity index (χ0n) is 21.1. The van der Waals surface area contributed by atoms with Crippen LogP contribution in [0.1, 0.15) is 0 Å². The highest BCUT2D eigenvalue weighted by Crippen LogP contribution is 2.41. The predicted molar refractivity (Wildman–Crippen MR) is 173 cm³/mol. The third-order valence-electron chi connectivity index (χ3n) is 7.14. The second-order valence-corrected chi connectivity index (χ2v) is 11.6. The van der Waals surface area contributed by atoms with E-state index in [4.69, 9.17) is 0 Å². The van der Waals surface area contributed by atoms with E-state index in [0.29, 0.717) is 0 Å². The van der Waals surface area contributed by atoms with Crippen LogP contribution < -0.4 is 4.90 Å². The van der Waals surface area contributed by atoms with Gasteiger partial charge < -0.3 is 4.90 Å². The van der Waals surface area contributed by atoms with E-state index in [1.807, 2.05) is 11.3 Å². The van der Waals surface area contributed by atoms with Gasteiger partial charge in [0, 0.05) is 41.7 Å². The summed E-state index contributed by atoms with van der Waals surface area (Å²) in [4.78, 5) is 2.35. The largest absolute Gasteiger partial charge is 0.310 e. The van der Waals surface area contributed by atoms with Gasteiger partial charge in [-0.15, -0.1) is 11.3 Å². The Morgan fingerprint density at radius 1 is 0.410 bits per heavy atom. The molecule has 0 N–H and O–H groups in total. The minimum absolute atomic E-state index is 1.11. The van der Waals surface area contributed by atoms with Crippen molar-refractivity contribution in [2.75, 3.05) is 4.90 Å². The molecule has 186 valence electrons. The van der Waals surface area contributed by atoms with E-state index in [1.54, 1.807) is 0 Å². The summed E-state index contributed by atoms with van der Waals surface area (Å²) in [6.45, 7) is 0. The highest BCUT2D eigenvalue weighted by Gasteiger charge is 2.15. The van der Waals surface area contributed by atoms with Crippen LogP contribution in [0.25, 0.3) is 42.4 Å². The normalized spacial score (nSPS) is 11.2. The van der Waals surface area contributed by atoms with Gasteiger partial charge in [0.05, 0.1) is 0 Å². The average Bonchev–Trinajstić information content (AvgIpc) is 3.36. The van der Waals surface area contributed by atoms with Crippen LogP contribution in [0.5, 0.6) is 0 Å². The lowest BCUT2D eigenvalue weighted by Crippen LogP contribution is -2.09. The van der Waals surface area contributed by atoms with E-state index in [2.05, 4.69) is 166 Å². The summed E-state index contributed by atoms with van der Waals surface area (Å²) < 4.78 is 3.69. The lowest BCUT2D eigenvalue weighted by atomic mass is 10.0. The number of benzene rings is 6. The van der Waals surface area contributed by atoms with Crippen LogP contribution in [-0.2, 0) is 0 Å². The quantitative estimate of drug-likeness (QED) is 0.195. The molecule has 0 amide bonds. The third kappa shape index (κ3) is 4.65. The van der Waals surface area contributed by atoms with Gasteiger partial charge in [-0.2, -0.15) is 0 Å². The minimum Gasteiger partial charge on any atom is -0.310 e. The fourth-order valence-corrected chi connectivity index (χ4v) is 6.88. The molecule has 0 saturated heterocycles. The van der Waals surface area contributed by atoms with E-state index in [1.165, 1.54) is 42.4 Å². The van der Waals surface area contributed by atoms with Gasteiger partial charge in [0.2, 0.25) is 0 Å². The second kappa shape index (κ2) is 10.2. The molecule has 0 spiro atoms. The van der Waals surface area contributed by atoms with Gasteiger partial charge in [0.15, 0.2) is 0 Å². The first-order chi connectivity index (χ1) is 19.2. The van der Waals surface area contributed by atoms with Crippen molar-refractivity contribution in [1.82, 2.24) is 0 Å². The van der Waals surface area contributed by atoms with Crippen molar-refractivity contribution in [3.05, 3.63) is 150 Å². The number of hydrogen-bond acceptors (Lipinski definition) is 2. The van der Waals surface area contributed by atoms with E-state index in [9.17, 15) is 0 Å². The topological polar surface area (TPSA) is 3.24 Å². The molecule has 39 heavy (non-hydrogen) atoms. The highest BCUT2D eigenvalue weighted by atomic mass is 79.9. The Labute approximate surface area is 240 Å². The molecule has 0 unspecified atom stereocenters. The summed E-state index contributed by atoms with van der Waals surface area (Å²) in [5, 5.41) is 2.60. The number of fused-ring (bicyclic) bond motifs is 3. The second-order valence-electron chi connectivity index (χ2n) is 9.58. The molecule has 0 aliphatic rings. The van der Waals surface area contributed by atoms with Crippen LogP contribution in [0, 0.1) is 0 Å². The van der Waals surface area contributed by atoms with Crippen LogP contribution in [0.4, 0.5) is 17.1 Å². The number of nitrogens with zero attached hydrogens (tertiary/aromatic N) is 1. The van der Waals surface area contributed by atoms with Crippen molar-refractivity contribution < 1.29 is 0 Å². The lowest BCUT2D eigenvalue weighted by Gasteiger charge is -2.26. The Morgan fingerprint density at radius 3 is 1.38 bits per heavy atom. The molecule has 7 aromatic rings. The molecule has 0 fully saturated rings. The maximum Gasteiger partial charge on any atom is 0.0476 e. The smallest absolute Gasteiger partial charge is 0.0476 e. The summed E-state index contributed by atoms with van der Waals surface area (Å²) in [7, 11) is 0. The van der Waals surface area contributed by atoms with Gasteiger partial charge in [-0.05, 0) is 70.8 Å². The summed E-state index contributed by atoms with van der Waals surface area (Å²) in [5.74, 6) is 0. The average molecular weight is 583 g/mol. The standard InChI is InChI=1S/C36H24BrNS/c37-29-15-21-33-34-22-20-32(24-36(34)39-35(33)23-29)38(30-16-11-27(12-17-30)25-7-3-1-4-8-25)31-18-13-28(14-19-31)26-9-5-2-6-10-26/h1-24H. The van der Waals surface area contributed by atoms with E-state index in [-0.39, 0.29) is 0 Å². The molecule has 0 saturated carbocycles. The molecule has 0 radical (unpaired) electrons. The lowest BCUT2D eigenvalue weighted by molar-refractivity contribution is 1.29. The van der Waals surface area contributed by atoms with Crippen LogP contribution in [0.2, 0.25) is 0 Å². The van der Waals surface area contributed by atoms with Gasteiger partial charge >= 0.3 is 0 Å². The van der Waals surface area contributed by atoms with Crippen LogP contribution in [0.3, 0.4) is 0 Å². The zero-order chi connectivity index (χ0) is 26.2. The number of rotatable bonds is 5. The van der Waals surface area contributed by atoms with Gasteiger partial charge in [-0.3, -0.25) is 0 Å². The van der Waals surface area contributed by atoms with Crippen molar-refractivity contribution in [2.45, 2.75) is 0 Å². The Balaban J connectivity index is 1.34. The first-order valence-corrected chi connectivity index (χ1v) is 14.6. The van der Waals surface area contributed by atoms with Crippen molar-refractivity contribution in [3.63, 3.8) is 0 Å². The first-order valence-electron chi connectivity index (χ1n) is 13.0. The monoisotopic (exact) mass is 581 g/mol. The number of hydrogen-bond donors (Lipinski definition) is 0. The number of anilines is 3. The first kappa shape index (κ1) is 23.9. The molecule has 1 heterocycles. The zero-order valence-corrected chi connectivity index (χ0v) is 23.5. The molecule has 1 aromatic heterocycles. The summed E-state index contributed by atoms with van der Waals surface area (Å²) >= 11 is 5.47. The molecule has 0 aliphatic carbocycles. The molecule has 7 rings (SSSR count). The Hall–Kier alpha value is -4.18. The molecule has 3 heteroatoms. The maximum atomic E-state index is 3.63. The predicted octanol–water partition coefficient (Wildman–Crippen LogP) is 11.6. The Kier molecular flexibility index (Phi) is 6.24. The summed E-state index contributed by atoms with van der Waals surface area (Å²) in [6.07, 6.45) is 0. The number of halogens is 1. The van der Waals surface area contributed by atoms with Gasteiger partial charge in [0.25, 0.3) is 0 Å². The fourth-order valence-electron chi connectivity index (χ4n) is 5.19. The third-order valence-corrected chi connectivity index (χ3v) is 8.75. The Bertz CT molecular complexity index is 1810. The molecular weight excluding hydrogens is 558 g/mol.